The van der Waals surface area contributed by atoms with Crippen LogP contribution in [-0.2, 0) is 6.42 Å². The summed E-state index contributed by atoms with van der Waals surface area (Å²) >= 11 is 0. The van der Waals surface area contributed by atoms with Gasteiger partial charge in [0.2, 0.25) is 5.88 Å². The zero-order valence-electron chi connectivity index (χ0n) is 14.1. The lowest BCUT2D eigenvalue weighted by atomic mass is 9.88. The summed E-state index contributed by atoms with van der Waals surface area (Å²) < 4.78 is 5.12. The maximum absolute atomic E-state index is 11.8. The highest BCUT2D eigenvalue weighted by atomic mass is 16.6. The molecule has 1 aliphatic rings. The molecule has 0 saturated heterocycles. The largest absolute Gasteiger partial charge is 0.481 e. The second-order valence-corrected chi connectivity index (χ2v) is 5.89. The Morgan fingerprint density at radius 1 is 1.20 bits per heavy atom. The topological polar surface area (TPSA) is 77.6 Å². The highest BCUT2D eigenvalue weighted by Gasteiger charge is 2.37. The summed E-state index contributed by atoms with van der Waals surface area (Å²) in [5.41, 5.74) is 3.12. The molecule has 0 fully saturated rings. The lowest BCUT2D eigenvalue weighted by molar-refractivity contribution is -0.508. The van der Waals surface area contributed by atoms with Crippen molar-refractivity contribution < 1.29 is 9.66 Å². The van der Waals surface area contributed by atoms with Crippen molar-refractivity contribution >= 4 is 11.8 Å². The lowest BCUT2D eigenvalue weighted by Crippen LogP contribution is -2.37. The number of ether oxygens (including phenoxy) is 1. The molecule has 0 aliphatic carbocycles. The van der Waals surface area contributed by atoms with Gasteiger partial charge in [-0.25, -0.2) is 4.98 Å². The highest BCUT2D eigenvalue weighted by molar-refractivity contribution is 5.89. The first kappa shape index (κ1) is 16.8. The third-order valence-electron chi connectivity index (χ3n) is 4.31. The molecule has 2 aromatic rings. The molecule has 0 amide bonds. The van der Waals surface area contributed by atoms with Crippen molar-refractivity contribution in [2.45, 2.75) is 25.4 Å². The van der Waals surface area contributed by atoms with Crippen LogP contribution in [0.15, 0.2) is 53.5 Å². The average molecular weight is 337 g/mol. The Morgan fingerprint density at radius 2 is 1.96 bits per heavy atom. The minimum absolute atomic E-state index is 0.250. The quantitative estimate of drug-likeness (QED) is 0.620. The van der Waals surface area contributed by atoms with Gasteiger partial charge in [-0.15, -0.1) is 0 Å². The van der Waals surface area contributed by atoms with Gasteiger partial charge < -0.3 is 4.74 Å². The summed E-state index contributed by atoms with van der Waals surface area (Å²) in [4.78, 5) is 20.3. The van der Waals surface area contributed by atoms with Gasteiger partial charge in [-0.3, -0.25) is 15.1 Å². The van der Waals surface area contributed by atoms with E-state index in [9.17, 15) is 10.1 Å². The maximum Gasteiger partial charge on any atom is 0.261 e. The zero-order valence-corrected chi connectivity index (χ0v) is 14.1. The second kappa shape index (κ2) is 7.25. The third kappa shape index (κ3) is 3.57. The Labute approximate surface area is 146 Å². The van der Waals surface area contributed by atoms with Crippen molar-refractivity contribution in [3.05, 3.63) is 75.5 Å². The maximum atomic E-state index is 11.8. The van der Waals surface area contributed by atoms with E-state index in [-0.39, 0.29) is 4.92 Å². The van der Waals surface area contributed by atoms with Crippen LogP contribution in [0.1, 0.15) is 16.8 Å². The molecule has 6 heteroatoms. The number of nitro groups is 1. The molecule has 2 unspecified atom stereocenters. The predicted octanol–water partition coefficient (Wildman–Crippen LogP) is 3.12. The SMILES string of the molecule is COc1ccc(C2=CC=NC(Cc3ccccc3)C2[N+](=O)[O-])c(C)n1. The van der Waals surface area contributed by atoms with Crippen molar-refractivity contribution in [1.29, 1.82) is 0 Å². The van der Waals surface area contributed by atoms with Gasteiger partial charge in [0.25, 0.3) is 6.04 Å². The number of benzene rings is 1. The molecule has 1 aromatic carbocycles. The Morgan fingerprint density at radius 3 is 2.60 bits per heavy atom. The lowest BCUT2D eigenvalue weighted by Gasteiger charge is -2.23. The number of aliphatic imine (C=N–C) groups is 1. The van der Waals surface area contributed by atoms with E-state index in [1.807, 2.05) is 43.3 Å². The van der Waals surface area contributed by atoms with Crippen molar-refractivity contribution in [2.24, 2.45) is 4.99 Å². The summed E-state index contributed by atoms with van der Waals surface area (Å²) in [5, 5.41) is 11.8. The molecule has 1 aliphatic heterocycles. The van der Waals surface area contributed by atoms with Crippen LogP contribution in [0.5, 0.6) is 5.88 Å². The van der Waals surface area contributed by atoms with Crippen molar-refractivity contribution in [2.75, 3.05) is 7.11 Å². The van der Waals surface area contributed by atoms with Crippen LogP contribution < -0.4 is 4.74 Å². The molecule has 128 valence electrons. The Balaban J connectivity index is 1.95. The van der Waals surface area contributed by atoms with E-state index in [0.717, 1.165) is 11.1 Å². The molecule has 1 aromatic heterocycles. The van der Waals surface area contributed by atoms with E-state index in [4.69, 9.17) is 4.74 Å². The van der Waals surface area contributed by atoms with Crippen molar-refractivity contribution in [1.82, 2.24) is 4.98 Å². The number of dihydropyridines is 1. The normalized spacial score (nSPS) is 19.4. The fourth-order valence-corrected chi connectivity index (χ4v) is 3.10. The zero-order chi connectivity index (χ0) is 17.8. The smallest absolute Gasteiger partial charge is 0.261 e. The summed E-state index contributed by atoms with van der Waals surface area (Å²) in [6, 6.07) is 11.9. The van der Waals surface area contributed by atoms with Crippen molar-refractivity contribution in [3.63, 3.8) is 0 Å². The van der Waals surface area contributed by atoms with Crippen LogP contribution in [0.3, 0.4) is 0 Å². The molecule has 6 nitrogen and oxygen atoms in total. The predicted molar refractivity (Wildman–Crippen MR) is 96.7 cm³/mol. The molecule has 0 N–H and O–H groups in total. The van der Waals surface area contributed by atoms with E-state index < -0.39 is 12.1 Å². The molecule has 0 bridgehead atoms. The first-order valence-electron chi connectivity index (χ1n) is 8.03. The fraction of sp³-hybridized carbons (Fsp3) is 0.263. The molecule has 0 spiro atoms. The van der Waals surface area contributed by atoms with E-state index >= 15 is 0 Å². The molecule has 2 atom stereocenters. The standard InChI is InChI=1S/C19H19N3O3/c1-13-15(8-9-18(21-13)25-2)16-10-11-20-17(19(16)22(23)24)12-14-6-4-3-5-7-14/h3-11,17,19H,12H2,1-2H3. The Hall–Kier alpha value is -3.02. The Kier molecular flexibility index (Phi) is 4.88. The molecule has 0 radical (unpaired) electrons. The summed E-state index contributed by atoms with van der Waals surface area (Å²) in [6.07, 6.45) is 3.89. The minimum Gasteiger partial charge on any atom is -0.481 e. The van der Waals surface area contributed by atoms with Crippen LogP contribution in [0.2, 0.25) is 0 Å². The summed E-state index contributed by atoms with van der Waals surface area (Å²) in [7, 11) is 1.55. The number of hydrogen-bond donors (Lipinski definition) is 0. The molecular formula is C19H19N3O3. The van der Waals surface area contributed by atoms with Gasteiger partial charge in [-0.1, -0.05) is 30.3 Å². The average Bonchev–Trinajstić information content (AvgIpc) is 2.62. The van der Waals surface area contributed by atoms with E-state index in [0.29, 0.717) is 23.6 Å². The summed E-state index contributed by atoms with van der Waals surface area (Å²) in [6.45, 7) is 1.83. The first-order valence-corrected chi connectivity index (χ1v) is 8.03. The number of pyridine rings is 1. The van der Waals surface area contributed by atoms with E-state index in [1.54, 1.807) is 25.5 Å². The minimum atomic E-state index is -0.904. The number of nitrogens with zero attached hydrogens (tertiary/aromatic N) is 3. The number of aryl methyl sites for hydroxylation is 1. The van der Waals surface area contributed by atoms with Gasteiger partial charge in [-0.2, -0.15) is 0 Å². The van der Waals surface area contributed by atoms with Crippen molar-refractivity contribution in [3.8, 4) is 5.88 Å². The molecule has 25 heavy (non-hydrogen) atoms. The molecule has 2 heterocycles. The first-order chi connectivity index (χ1) is 12.1. The van der Waals surface area contributed by atoms with Crippen LogP contribution in [-0.4, -0.2) is 35.3 Å². The number of aromatic nitrogens is 1. The van der Waals surface area contributed by atoms with E-state index in [1.165, 1.54) is 0 Å². The van der Waals surface area contributed by atoms with Crippen LogP contribution in [0.4, 0.5) is 0 Å². The van der Waals surface area contributed by atoms with Gasteiger partial charge in [0.05, 0.1) is 7.11 Å². The third-order valence-corrected chi connectivity index (χ3v) is 4.31. The Bertz CT molecular complexity index is 831. The van der Waals surface area contributed by atoms with Crippen LogP contribution in [0.25, 0.3) is 5.57 Å². The molecule has 3 rings (SSSR count). The van der Waals surface area contributed by atoms with Gasteiger partial charge in [0, 0.05) is 40.5 Å². The monoisotopic (exact) mass is 337 g/mol. The molecule has 0 saturated carbocycles. The number of allylic oxidation sites excluding steroid dienone is 1. The van der Waals surface area contributed by atoms with Crippen LogP contribution in [0, 0.1) is 17.0 Å². The van der Waals surface area contributed by atoms with Gasteiger partial charge >= 0.3 is 0 Å². The molecular weight excluding hydrogens is 318 g/mol. The van der Waals surface area contributed by atoms with E-state index in [2.05, 4.69) is 9.98 Å². The number of methoxy groups -OCH3 is 1. The second-order valence-electron chi connectivity index (χ2n) is 5.89. The number of rotatable bonds is 5. The fourth-order valence-electron chi connectivity index (χ4n) is 3.10. The van der Waals surface area contributed by atoms with Gasteiger partial charge in [0.1, 0.15) is 6.04 Å². The van der Waals surface area contributed by atoms with Gasteiger partial charge in [-0.05, 0) is 24.6 Å². The van der Waals surface area contributed by atoms with Gasteiger partial charge in [0.15, 0.2) is 0 Å². The van der Waals surface area contributed by atoms with Crippen LogP contribution >= 0.6 is 0 Å². The summed E-state index contributed by atoms with van der Waals surface area (Å²) in [5.74, 6) is 0.491. The highest BCUT2D eigenvalue weighted by Crippen LogP contribution is 2.30. The number of hydrogen-bond acceptors (Lipinski definition) is 5.